The van der Waals surface area contributed by atoms with Crippen LogP contribution in [0.1, 0.15) is 15.2 Å². The fourth-order valence-corrected chi connectivity index (χ4v) is 3.17. The molecule has 0 saturated carbocycles. The van der Waals surface area contributed by atoms with Gasteiger partial charge in [0.1, 0.15) is 9.71 Å². The Morgan fingerprint density at radius 3 is 2.76 bits per heavy atom. The Hall–Kier alpha value is -2.47. The first-order valence-corrected chi connectivity index (χ1v) is 7.27. The van der Waals surface area contributed by atoms with E-state index < -0.39 is 0 Å². The number of carbonyl (C=O) groups excluding carboxylic acids is 1. The summed E-state index contributed by atoms with van der Waals surface area (Å²) in [5.74, 6) is -0.0978. The molecule has 2 N–H and O–H groups in total. The number of carbonyl (C=O) groups is 1. The van der Waals surface area contributed by atoms with Gasteiger partial charge in [0, 0.05) is 19.0 Å². The highest BCUT2D eigenvalue weighted by Crippen LogP contribution is 2.32. The van der Waals surface area contributed by atoms with Crippen LogP contribution in [0.15, 0.2) is 42.6 Å². The fraction of sp³-hybridized carbons (Fsp3) is 0.133. The normalized spacial score (nSPS) is 10.7. The molecule has 1 aromatic carbocycles. The van der Waals surface area contributed by atoms with Crippen molar-refractivity contribution < 1.29 is 4.79 Å². The van der Waals surface area contributed by atoms with Crippen molar-refractivity contribution in [2.75, 3.05) is 12.8 Å². The third-order valence-corrected chi connectivity index (χ3v) is 4.32. The Balaban J connectivity index is 1.88. The number of benzene rings is 1. The minimum Gasteiger partial charge on any atom is -0.397 e. The zero-order chi connectivity index (χ0) is 14.8. The van der Waals surface area contributed by atoms with E-state index in [1.165, 1.54) is 11.3 Å². The maximum atomic E-state index is 12.5. The van der Waals surface area contributed by atoms with Crippen LogP contribution in [0.2, 0.25) is 0 Å². The van der Waals surface area contributed by atoms with Crippen LogP contribution < -0.4 is 5.73 Å². The first kappa shape index (κ1) is 13.5. The maximum Gasteiger partial charge on any atom is 0.266 e. The van der Waals surface area contributed by atoms with Crippen LogP contribution >= 0.6 is 11.3 Å². The summed E-state index contributed by atoms with van der Waals surface area (Å²) >= 11 is 1.28. The zero-order valence-corrected chi connectivity index (χ0v) is 12.3. The molecule has 2 aromatic heterocycles. The smallest absolute Gasteiger partial charge is 0.266 e. The predicted molar refractivity (Wildman–Crippen MR) is 84.1 cm³/mol. The molecule has 3 rings (SSSR count). The number of nitrogens with two attached hydrogens (primary N) is 1. The van der Waals surface area contributed by atoms with Crippen LogP contribution in [0.4, 0.5) is 5.69 Å². The second-order valence-corrected chi connectivity index (χ2v) is 5.74. The monoisotopic (exact) mass is 298 g/mol. The number of amides is 1. The molecule has 106 valence electrons. The van der Waals surface area contributed by atoms with Gasteiger partial charge in [-0.3, -0.25) is 4.79 Å². The van der Waals surface area contributed by atoms with E-state index in [0.717, 1.165) is 10.9 Å². The molecule has 0 saturated heterocycles. The van der Waals surface area contributed by atoms with Crippen LogP contribution in [-0.2, 0) is 6.54 Å². The third kappa shape index (κ3) is 2.57. The summed E-state index contributed by atoms with van der Waals surface area (Å²) in [5, 5.41) is 8.61. The minimum atomic E-state index is -0.0978. The van der Waals surface area contributed by atoms with Crippen molar-refractivity contribution in [1.29, 1.82) is 0 Å². The third-order valence-electron chi connectivity index (χ3n) is 3.22. The number of nitrogens with zero attached hydrogens (tertiary/aromatic N) is 3. The molecule has 0 radical (unpaired) electrons. The van der Waals surface area contributed by atoms with E-state index >= 15 is 0 Å². The highest BCUT2D eigenvalue weighted by molar-refractivity contribution is 7.21. The second-order valence-electron chi connectivity index (χ2n) is 4.74. The SMILES string of the molecule is CN(Cc1ccccc1)C(=O)c1sc2nnccc2c1N. The molecule has 1 amide bonds. The molecular weight excluding hydrogens is 284 g/mol. The largest absolute Gasteiger partial charge is 0.397 e. The Bertz CT molecular complexity index is 785. The van der Waals surface area contributed by atoms with Gasteiger partial charge in [-0.25, -0.2) is 0 Å². The molecule has 6 heteroatoms. The molecule has 0 bridgehead atoms. The van der Waals surface area contributed by atoms with Crippen molar-refractivity contribution in [2.45, 2.75) is 6.54 Å². The highest BCUT2D eigenvalue weighted by Gasteiger charge is 2.20. The Morgan fingerprint density at radius 2 is 2.05 bits per heavy atom. The molecule has 0 aliphatic heterocycles. The number of rotatable bonds is 3. The summed E-state index contributed by atoms with van der Waals surface area (Å²) in [6.45, 7) is 0.541. The number of hydrogen-bond donors (Lipinski definition) is 1. The van der Waals surface area contributed by atoms with Gasteiger partial charge in [-0.2, -0.15) is 5.10 Å². The molecular formula is C15H14N4OS. The lowest BCUT2D eigenvalue weighted by Gasteiger charge is -2.16. The Kier molecular flexibility index (Phi) is 3.53. The summed E-state index contributed by atoms with van der Waals surface area (Å²) in [7, 11) is 1.77. The van der Waals surface area contributed by atoms with Gasteiger partial charge in [0.05, 0.1) is 11.9 Å². The van der Waals surface area contributed by atoms with Crippen molar-refractivity contribution in [2.24, 2.45) is 0 Å². The molecule has 5 nitrogen and oxygen atoms in total. The number of aromatic nitrogens is 2. The van der Waals surface area contributed by atoms with Crippen molar-refractivity contribution in [3.63, 3.8) is 0 Å². The van der Waals surface area contributed by atoms with E-state index in [4.69, 9.17) is 5.73 Å². The average Bonchev–Trinajstić information content (AvgIpc) is 2.85. The number of anilines is 1. The summed E-state index contributed by atoms with van der Waals surface area (Å²) in [4.78, 5) is 15.4. The van der Waals surface area contributed by atoms with E-state index in [1.807, 2.05) is 30.3 Å². The minimum absolute atomic E-state index is 0.0978. The summed E-state index contributed by atoms with van der Waals surface area (Å²) in [6, 6.07) is 11.6. The number of thiophene rings is 1. The number of hydrogen-bond acceptors (Lipinski definition) is 5. The van der Waals surface area contributed by atoms with Crippen LogP contribution in [0.5, 0.6) is 0 Å². The van der Waals surface area contributed by atoms with E-state index in [9.17, 15) is 4.79 Å². The number of fused-ring (bicyclic) bond motifs is 1. The van der Waals surface area contributed by atoms with Gasteiger partial charge in [0.15, 0.2) is 0 Å². The van der Waals surface area contributed by atoms with Gasteiger partial charge < -0.3 is 10.6 Å². The second kappa shape index (κ2) is 5.49. The quantitative estimate of drug-likeness (QED) is 0.806. The van der Waals surface area contributed by atoms with Gasteiger partial charge in [0.2, 0.25) is 0 Å². The number of nitrogen functional groups attached to an aromatic ring is 1. The standard InChI is InChI=1S/C15H14N4OS/c1-19(9-10-5-3-2-4-6-10)15(20)13-12(16)11-7-8-17-18-14(11)21-13/h2-8H,9,16H2,1H3. The lowest BCUT2D eigenvalue weighted by molar-refractivity contribution is 0.0791. The molecule has 0 spiro atoms. The summed E-state index contributed by atoms with van der Waals surface area (Å²) in [5.41, 5.74) is 7.62. The topological polar surface area (TPSA) is 72.1 Å². The van der Waals surface area contributed by atoms with Gasteiger partial charge >= 0.3 is 0 Å². The van der Waals surface area contributed by atoms with Crippen LogP contribution in [0, 0.1) is 0 Å². The van der Waals surface area contributed by atoms with Crippen molar-refractivity contribution in [1.82, 2.24) is 15.1 Å². The van der Waals surface area contributed by atoms with Crippen LogP contribution in [0.3, 0.4) is 0 Å². The van der Waals surface area contributed by atoms with E-state index in [2.05, 4.69) is 10.2 Å². The molecule has 0 atom stereocenters. The van der Waals surface area contributed by atoms with Gasteiger partial charge in [-0.05, 0) is 11.6 Å². The molecule has 0 unspecified atom stereocenters. The van der Waals surface area contributed by atoms with Crippen LogP contribution in [-0.4, -0.2) is 28.1 Å². The Morgan fingerprint density at radius 1 is 1.29 bits per heavy atom. The average molecular weight is 298 g/mol. The molecule has 21 heavy (non-hydrogen) atoms. The molecule has 2 heterocycles. The molecule has 0 aliphatic carbocycles. The summed E-state index contributed by atoms with van der Waals surface area (Å²) in [6.07, 6.45) is 1.58. The van der Waals surface area contributed by atoms with E-state index in [0.29, 0.717) is 21.9 Å². The van der Waals surface area contributed by atoms with Gasteiger partial charge in [-0.15, -0.1) is 16.4 Å². The van der Waals surface area contributed by atoms with Crippen molar-refractivity contribution >= 4 is 33.1 Å². The molecule has 0 aliphatic rings. The van der Waals surface area contributed by atoms with Crippen molar-refractivity contribution in [3.8, 4) is 0 Å². The first-order valence-electron chi connectivity index (χ1n) is 6.46. The van der Waals surface area contributed by atoms with E-state index in [1.54, 1.807) is 24.2 Å². The van der Waals surface area contributed by atoms with Gasteiger partial charge in [0.25, 0.3) is 5.91 Å². The van der Waals surface area contributed by atoms with Crippen molar-refractivity contribution in [3.05, 3.63) is 53.0 Å². The maximum absolute atomic E-state index is 12.5. The molecule has 3 aromatic rings. The predicted octanol–water partition coefficient (Wildman–Crippen LogP) is 2.55. The Labute approximate surface area is 126 Å². The highest BCUT2D eigenvalue weighted by atomic mass is 32.1. The van der Waals surface area contributed by atoms with Gasteiger partial charge in [-0.1, -0.05) is 30.3 Å². The fourth-order valence-electron chi connectivity index (χ4n) is 2.13. The lowest BCUT2D eigenvalue weighted by atomic mass is 10.2. The molecule has 0 fully saturated rings. The zero-order valence-electron chi connectivity index (χ0n) is 11.5. The van der Waals surface area contributed by atoms with E-state index in [-0.39, 0.29) is 5.91 Å². The first-order chi connectivity index (χ1) is 10.2. The lowest BCUT2D eigenvalue weighted by Crippen LogP contribution is -2.26. The van der Waals surface area contributed by atoms with Crippen LogP contribution in [0.25, 0.3) is 10.2 Å². The summed E-state index contributed by atoms with van der Waals surface area (Å²) < 4.78 is 0.